The van der Waals surface area contributed by atoms with E-state index in [9.17, 15) is 9.50 Å². The zero-order valence-corrected chi connectivity index (χ0v) is 7.99. The van der Waals surface area contributed by atoms with Crippen molar-refractivity contribution < 1.29 is 9.50 Å². The first-order valence-electron chi connectivity index (χ1n) is 4.94. The molecule has 3 heteroatoms. The summed E-state index contributed by atoms with van der Waals surface area (Å²) >= 11 is 0. The van der Waals surface area contributed by atoms with Gasteiger partial charge >= 0.3 is 0 Å². The largest absolute Gasteiger partial charge is 0.506 e. The molecular formula is C11H14FNO. The van der Waals surface area contributed by atoms with E-state index in [2.05, 4.69) is 0 Å². The van der Waals surface area contributed by atoms with Gasteiger partial charge in [0.15, 0.2) is 0 Å². The highest BCUT2D eigenvalue weighted by atomic mass is 19.1. The molecule has 14 heavy (non-hydrogen) atoms. The van der Waals surface area contributed by atoms with E-state index in [-0.39, 0.29) is 5.75 Å². The lowest BCUT2D eigenvalue weighted by molar-refractivity contribution is 0.276. The number of anilines is 1. The summed E-state index contributed by atoms with van der Waals surface area (Å²) in [7, 11) is 0. The second kappa shape index (κ2) is 3.86. The van der Waals surface area contributed by atoms with Gasteiger partial charge in [0.2, 0.25) is 0 Å². The third-order valence-electron chi connectivity index (χ3n) is 2.65. The highest BCUT2D eigenvalue weighted by Crippen LogP contribution is 2.29. The average Bonchev–Trinajstić information content (AvgIpc) is 2.20. The molecule has 1 heterocycles. The van der Waals surface area contributed by atoms with Gasteiger partial charge in [-0.3, -0.25) is 0 Å². The summed E-state index contributed by atoms with van der Waals surface area (Å²) in [5.74, 6) is 0.282. The quantitative estimate of drug-likeness (QED) is 0.743. The molecule has 1 aliphatic heterocycles. The SMILES string of the molecule is Oc1ccccc1N1CCC(F)CC1. The molecule has 76 valence electrons. The summed E-state index contributed by atoms with van der Waals surface area (Å²) in [6.07, 6.45) is 0.458. The van der Waals surface area contributed by atoms with E-state index in [1.807, 2.05) is 17.0 Å². The Hall–Kier alpha value is -1.25. The molecule has 0 bridgehead atoms. The summed E-state index contributed by atoms with van der Waals surface area (Å²) in [6.45, 7) is 1.39. The van der Waals surface area contributed by atoms with Crippen molar-refractivity contribution in [3.8, 4) is 5.75 Å². The van der Waals surface area contributed by atoms with Crippen LogP contribution in [0.15, 0.2) is 24.3 Å². The van der Waals surface area contributed by atoms with Crippen molar-refractivity contribution in [2.45, 2.75) is 19.0 Å². The van der Waals surface area contributed by atoms with Crippen molar-refractivity contribution in [2.75, 3.05) is 18.0 Å². The van der Waals surface area contributed by atoms with Crippen LogP contribution in [0.3, 0.4) is 0 Å². The standard InChI is InChI=1S/C11H14FNO/c12-9-5-7-13(8-6-9)10-3-1-2-4-11(10)14/h1-4,9,14H,5-8H2. The molecule has 0 aromatic heterocycles. The van der Waals surface area contributed by atoms with Crippen LogP contribution in [-0.2, 0) is 0 Å². The van der Waals surface area contributed by atoms with Crippen LogP contribution >= 0.6 is 0 Å². The average molecular weight is 195 g/mol. The number of rotatable bonds is 1. The van der Waals surface area contributed by atoms with Gasteiger partial charge in [0.1, 0.15) is 11.9 Å². The first-order valence-corrected chi connectivity index (χ1v) is 4.94. The van der Waals surface area contributed by atoms with Crippen molar-refractivity contribution in [3.05, 3.63) is 24.3 Å². The van der Waals surface area contributed by atoms with E-state index >= 15 is 0 Å². The van der Waals surface area contributed by atoms with E-state index in [4.69, 9.17) is 0 Å². The molecule has 1 aromatic carbocycles. The summed E-state index contributed by atoms with van der Waals surface area (Å²) in [6, 6.07) is 7.21. The molecule has 2 rings (SSSR count). The number of benzene rings is 1. The van der Waals surface area contributed by atoms with Crippen LogP contribution in [0.25, 0.3) is 0 Å². The van der Waals surface area contributed by atoms with Crippen LogP contribution in [0.2, 0.25) is 0 Å². The number of alkyl halides is 1. The zero-order chi connectivity index (χ0) is 9.97. The Bertz CT molecular complexity index is 308. The molecular weight excluding hydrogens is 181 g/mol. The molecule has 1 N–H and O–H groups in total. The maximum atomic E-state index is 12.9. The van der Waals surface area contributed by atoms with Gasteiger partial charge in [0.25, 0.3) is 0 Å². The van der Waals surface area contributed by atoms with Gasteiger partial charge in [-0.1, -0.05) is 12.1 Å². The molecule has 0 aliphatic carbocycles. The molecule has 0 amide bonds. The number of nitrogens with zero attached hydrogens (tertiary/aromatic N) is 1. The van der Waals surface area contributed by atoms with E-state index in [1.165, 1.54) is 0 Å². The molecule has 1 aliphatic rings. The summed E-state index contributed by atoms with van der Waals surface area (Å²) < 4.78 is 12.9. The number of phenols is 1. The first-order chi connectivity index (χ1) is 6.77. The molecule has 0 atom stereocenters. The molecule has 1 fully saturated rings. The van der Waals surface area contributed by atoms with Crippen LogP contribution in [0, 0.1) is 0 Å². The lowest BCUT2D eigenvalue weighted by atomic mass is 10.1. The van der Waals surface area contributed by atoms with E-state index in [0.717, 1.165) is 5.69 Å². The van der Waals surface area contributed by atoms with Gasteiger partial charge < -0.3 is 10.0 Å². The number of phenolic OH excluding ortho intramolecular Hbond substituents is 1. The highest BCUT2D eigenvalue weighted by molar-refractivity contribution is 5.57. The number of aromatic hydroxyl groups is 1. The van der Waals surface area contributed by atoms with E-state index < -0.39 is 6.17 Å². The molecule has 1 saturated heterocycles. The Morgan fingerprint density at radius 2 is 1.86 bits per heavy atom. The van der Waals surface area contributed by atoms with Crippen molar-refractivity contribution in [2.24, 2.45) is 0 Å². The minimum Gasteiger partial charge on any atom is -0.506 e. The third-order valence-corrected chi connectivity index (χ3v) is 2.65. The van der Waals surface area contributed by atoms with Crippen LogP contribution in [0.4, 0.5) is 10.1 Å². The van der Waals surface area contributed by atoms with Crippen LogP contribution in [0.5, 0.6) is 5.75 Å². The fourth-order valence-electron chi connectivity index (χ4n) is 1.82. The van der Waals surface area contributed by atoms with Crippen LogP contribution in [-0.4, -0.2) is 24.4 Å². The third kappa shape index (κ3) is 1.81. The predicted molar refractivity (Wildman–Crippen MR) is 54.4 cm³/mol. The number of piperidine rings is 1. The maximum Gasteiger partial charge on any atom is 0.138 e. The van der Waals surface area contributed by atoms with Crippen molar-refractivity contribution in [3.63, 3.8) is 0 Å². The lowest BCUT2D eigenvalue weighted by Gasteiger charge is -2.30. The van der Waals surface area contributed by atoms with Gasteiger partial charge in [-0.25, -0.2) is 4.39 Å². The summed E-state index contributed by atoms with van der Waals surface area (Å²) in [5.41, 5.74) is 0.819. The minimum atomic E-state index is -0.669. The molecule has 0 spiro atoms. The van der Waals surface area contributed by atoms with Crippen molar-refractivity contribution >= 4 is 5.69 Å². The molecule has 2 nitrogen and oxygen atoms in total. The normalized spacial score (nSPS) is 18.5. The highest BCUT2D eigenvalue weighted by Gasteiger charge is 2.19. The molecule has 0 saturated carbocycles. The van der Waals surface area contributed by atoms with E-state index in [1.54, 1.807) is 12.1 Å². The molecule has 0 unspecified atom stereocenters. The lowest BCUT2D eigenvalue weighted by Crippen LogP contribution is -2.34. The fraction of sp³-hybridized carbons (Fsp3) is 0.455. The van der Waals surface area contributed by atoms with Gasteiger partial charge in [-0.15, -0.1) is 0 Å². The Kier molecular flexibility index (Phi) is 2.57. The molecule has 1 aromatic rings. The topological polar surface area (TPSA) is 23.5 Å². The van der Waals surface area contributed by atoms with Gasteiger partial charge in [0.05, 0.1) is 5.69 Å². The second-order valence-electron chi connectivity index (χ2n) is 3.65. The Morgan fingerprint density at radius 1 is 1.21 bits per heavy atom. The summed E-state index contributed by atoms with van der Waals surface area (Å²) in [5, 5.41) is 9.59. The Balaban J connectivity index is 2.12. The number of hydrogen-bond donors (Lipinski definition) is 1. The second-order valence-corrected chi connectivity index (χ2v) is 3.65. The fourth-order valence-corrected chi connectivity index (χ4v) is 1.82. The maximum absolute atomic E-state index is 12.9. The number of para-hydroxylation sites is 2. The smallest absolute Gasteiger partial charge is 0.138 e. The monoisotopic (exact) mass is 195 g/mol. The summed E-state index contributed by atoms with van der Waals surface area (Å²) in [4.78, 5) is 2.03. The number of halogens is 1. The van der Waals surface area contributed by atoms with Crippen molar-refractivity contribution in [1.82, 2.24) is 0 Å². The van der Waals surface area contributed by atoms with Gasteiger partial charge in [-0.05, 0) is 25.0 Å². The van der Waals surface area contributed by atoms with Crippen LogP contribution < -0.4 is 4.90 Å². The molecule has 0 radical (unpaired) electrons. The zero-order valence-electron chi connectivity index (χ0n) is 7.99. The first kappa shape index (κ1) is 9.31. The van der Waals surface area contributed by atoms with Gasteiger partial charge in [-0.2, -0.15) is 0 Å². The predicted octanol–water partition coefficient (Wildman–Crippen LogP) is 2.33. The van der Waals surface area contributed by atoms with E-state index in [0.29, 0.717) is 25.9 Å². The van der Waals surface area contributed by atoms with Crippen LogP contribution in [0.1, 0.15) is 12.8 Å². The van der Waals surface area contributed by atoms with Gasteiger partial charge in [0, 0.05) is 13.1 Å². The Labute approximate surface area is 83.0 Å². The number of hydrogen-bond acceptors (Lipinski definition) is 2. The Morgan fingerprint density at radius 3 is 2.50 bits per heavy atom. The minimum absolute atomic E-state index is 0.282. The van der Waals surface area contributed by atoms with Crippen molar-refractivity contribution in [1.29, 1.82) is 0 Å².